The first kappa shape index (κ1) is 21.6. The highest BCUT2D eigenvalue weighted by atomic mass is 16.4. The van der Waals surface area contributed by atoms with Crippen molar-refractivity contribution in [3.05, 3.63) is 24.3 Å². The van der Waals surface area contributed by atoms with E-state index >= 15 is 0 Å². The van der Waals surface area contributed by atoms with E-state index in [1.165, 1.54) is 0 Å². The maximum absolute atomic E-state index is 12.1. The maximum atomic E-state index is 12.1. The molecule has 0 aliphatic heterocycles. The average molecular weight is 350 g/mol. The molecule has 0 saturated heterocycles. The minimum Gasteiger partial charge on any atom is -0.481 e. The number of carboxylic acid groups (broad SMARTS) is 1. The van der Waals surface area contributed by atoms with Gasteiger partial charge in [0.25, 0.3) is 0 Å². The van der Waals surface area contributed by atoms with Crippen molar-refractivity contribution in [3.63, 3.8) is 0 Å². The number of Topliss-reactive ketones (excluding diaryl/α,β-unsaturated/α-hetero) is 1. The van der Waals surface area contributed by atoms with Crippen LogP contribution in [0.25, 0.3) is 0 Å². The van der Waals surface area contributed by atoms with Crippen LogP contribution < -0.4 is 0 Å². The smallest absolute Gasteiger partial charge is 0.303 e. The van der Waals surface area contributed by atoms with Gasteiger partial charge in [0.1, 0.15) is 5.78 Å². The molecule has 25 heavy (non-hydrogen) atoms. The molecule has 0 radical (unpaired) electrons. The molecule has 0 aromatic carbocycles. The lowest BCUT2D eigenvalue weighted by atomic mass is 9.91. The highest BCUT2D eigenvalue weighted by Gasteiger charge is 2.31. The molecule has 0 amide bonds. The molecule has 3 atom stereocenters. The molecule has 3 unspecified atom stereocenters. The van der Waals surface area contributed by atoms with Crippen LogP contribution in [0.4, 0.5) is 0 Å². The summed E-state index contributed by atoms with van der Waals surface area (Å²) in [6, 6.07) is 0. The molecule has 1 fully saturated rings. The van der Waals surface area contributed by atoms with Crippen LogP contribution in [0, 0.1) is 11.8 Å². The van der Waals surface area contributed by atoms with E-state index in [9.17, 15) is 14.7 Å². The third-order valence-corrected chi connectivity index (χ3v) is 4.91. The summed E-state index contributed by atoms with van der Waals surface area (Å²) in [6.45, 7) is 2.15. The second-order valence-corrected chi connectivity index (χ2v) is 7.07. The summed E-state index contributed by atoms with van der Waals surface area (Å²) in [6.07, 6.45) is 16.7. The molecule has 1 aliphatic carbocycles. The first-order chi connectivity index (χ1) is 12.0. The number of aliphatic carboxylic acids is 1. The third-order valence-electron chi connectivity index (χ3n) is 4.91. The van der Waals surface area contributed by atoms with Gasteiger partial charge in [0.15, 0.2) is 0 Å². The van der Waals surface area contributed by atoms with Gasteiger partial charge in [0.2, 0.25) is 0 Å². The van der Waals surface area contributed by atoms with Crippen LogP contribution in [0.2, 0.25) is 0 Å². The van der Waals surface area contributed by atoms with E-state index in [1.54, 1.807) is 0 Å². The van der Waals surface area contributed by atoms with Gasteiger partial charge in [0, 0.05) is 18.8 Å². The Balaban J connectivity index is 2.33. The molecule has 142 valence electrons. The Bertz CT molecular complexity index is 453. The van der Waals surface area contributed by atoms with E-state index in [0.717, 1.165) is 51.4 Å². The quantitative estimate of drug-likeness (QED) is 0.374. The highest BCUT2D eigenvalue weighted by molar-refractivity contribution is 5.83. The van der Waals surface area contributed by atoms with Crippen LogP contribution in [0.3, 0.4) is 0 Å². The van der Waals surface area contributed by atoms with E-state index in [0.29, 0.717) is 18.6 Å². The van der Waals surface area contributed by atoms with Crippen molar-refractivity contribution >= 4 is 11.8 Å². The fourth-order valence-corrected chi connectivity index (χ4v) is 3.34. The molecule has 4 nitrogen and oxygen atoms in total. The number of allylic oxidation sites excluding steroid dienone is 3. The summed E-state index contributed by atoms with van der Waals surface area (Å²) in [5.41, 5.74) is 0. The van der Waals surface area contributed by atoms with Crippen LogP contribution in [-0.4, -0.2) is 28.1 Å². The van der Waals surface area contributed by atoms with Crippen LogP contribution in [0.1, 0.15) is 77.6 Å². The van der Waals surface area contributed by atoms with Gasteiger partial charge in [-0.05, 0) is 44.4 Å². The SMILES string of the molecule is CCCCCC(O)/C=C/C1CCC(=O)C1C/C=C/CCCCC(=O)O. The second kappa shape index (κ2) is 12.9. The van der Waals surface area contributed by atoms with Gasteiger partial charge >= 0.3 is 5.97 Å². The van der Waals surface area contributed by atoms with Crippen molar-refractivity contribution in [1.82, 2.24) is 0 Å². The first-order valence-electron chi connectivity index (χ1n) is 9.80. The minimum absolute atomic E-state index is 0.0364. The minimum atomic E-state index is -0.743. The Morgan fingerprint density at radius 3 is 2.76 bits per heavy atom. The number of aliphatic hydroxyl groups is 1. The molecule has 0 aromatic rings. The monoisotopic (exact) mass is 350 g/mol. The summed E-state index contributed by atoms with van der Waals surface area (Å²) < 4.78 is 0. The number of unbranched alkanes of at least 4 members (excludes halogenated alkanes) is 4. The lowest BCUT2D eigenvalue weighted by molar-refractivity contribution is -0.137. The van der Waals surface area contributed by atoms with Crippen molar-refractivity contribution in [2.75, 3.05) is 0 Å². The number of carbonyl (C=O) groups is 2. The molecular formula is C21H34O4. The zero-order valence-electron chi connectivity index (χ0n) is 15.5. The normalized spacial score (nSPS) is 22.2. The lowest BCUT2D eigenvalue weighted by Crippen LogP contribution is -2.13. The molecule has 2 N–H and O–H groups in total. The van der Waals surface area contributed by atoms with E-state index < -0.39 is 12.1 Å². The van der Waals surface area contributed by atoms with Gasteiger partial charge in [-0.2, -0.15) is 0 Å². The Hall–Kier alpha value is -1.42. The maximum Gasteiger partial charge on any atom is 0.303 e. The molecule has 1 aliphatic rings. The number of carboxylic acids is 1. The van der Waals surface area contributed by atoms with Crippen LogP contribution in [-0.2, 0) is 9.59 Å². The molecule has 0 spiro atoms. The topological polar surface area (TPSA) is 74.6 Å². The average Bonchev–Trinajstić information content (AvgIpc) is 2.92. The van der Waals surface area contributed by atoms with Crippen molar-refractivity contribution in [2.24, 2.45) is 11.8 Å². The van der Waals surface area contributed by atoms with Crippen molar-refractivity contribution in [1.29, 1.82) is 0 Å². The van der Waals surface area contributed by atoms with E-state index in [4.69, 9.17) is 5.11 Å². The number of ketones is 1. The third kappa shape index (κ3) is 9.59. The molecule has 1 saturated carbocycles. The van der Waals surface area contributed by atoms with Gasteiger partial charge in [-0.25, -0.2) is 0 Å². The van der Waals surface area contributed by atoms with Crippen LogP contribution in [0.5, 0.6) is 0 Å². The fourth-order valence-electron chi connectivity index (χ4n) is 3.34. The molecule has 0 heterocycles. The van der Waals surface area contributed by atoms with Gasteiger partial charge in [-0.1, -0.05) is 50.5 Å². The van der Waals surface area contributed by atoms with E-state index in [-0.39, 0.29) is 18.3 Å². The summed E-state index contributed by atoms with van der Waals surface area (Å²) in [5.74, 6) is -0.142. The summed E-state index contributed by atoms with van der Waals surface area (Å²) in [4.78, 5) is 22.5. The van der Waals surface area contributed by atoms with Crippen molar-refractivity contribution < 1.29 is 19.8 Å². The van der Waals surface area contributed by atoms with Crippen LogP contribution >= 0.6 is 0 Å². The largest absolute Gasteiger partial charge is 0.481 e. The zero-order chi connectivity index (χ0) is 18.5. The van der Waals surface area contributed by atoms with E-state index in [1.807, 2.05) is 12.2 Å². The lowest BCUT2D eigenvalue weighted by Gasteiger charge is -2.13. The zero-order valence-corrected chi connectivity index (χ0v) is 15.5. The number of aliphatic hydroxyl groups excluding tert-OH is 1. The number of hydrogen-bond donors (Lipinski definition) is 2. The first-order valence-corrected chi connectivity index (χ1v) is 9.80. The summed E-state index contributed by atoms with van der Waals surface area (Å²) in [5, 5.41) is 18.6. The van der Waals surface area contributed by atoms with Crippen molar-refractivity contribution in [2.45, 2.75) is 83.7 Å². The van der Waals surface area contributed by atoms with Gasteiger partial charge in [-0.15, -0.1) is 0 Å². The number of carbonyl (C=O) groups excluding carboxylic acids is 1. The molecular weight excluding hydrogens is 316 g/mol. The van der Waals surface area contributed by atoms with Gasteiger partial charge < -0.3 is 10.2 Å². The van der Waals surface area contributed by atoms with E-state index in [2.05, 4.69) is 19.1 Å². The van der Waals surface area contributed by atoms with Crippen LogP contribution in [0.15, 0.2) is 24.3 Å². The van der Waals surface area contributed by atoms with Gasteiger partial charge in [0.05, 0.1) is 6.10 Å². The second-order valence-electron chi connectivity index (χ2n) is 7.07. The molecule has 1 rings (SSSR count). The predicted molar refractivity (Wildman–Crippen MR) is 100 cm³/mol. The summed E-state index contributed by atoms with van der Waals surface area (Å²) >= 11 is 0. The standard InChI is InChI=1S/C21H34O4/c1-2-3-7-10-18(22)15-13-17-14-16-20(23)19(17)11-8-5-4-6-9-12-21(24)25/h5,8,13,15,17-19,22H,2-4,6-7,9-12,14,16H2,1H3,(H,24,25)/b8-5+,15-13+. The van der Waals surface area contributed by atoms with Crippen molar-refractivity contribution in [3.8, 4) is 0 Å². The Morgan fingerprint density at radius 1 is 1.24 bits per heavy atom. The fraction of sp³-hybridized carbons (Fsp3) is 0.714. The highest BCUT2D eigenvalue weighted by Crippen LogP contribution is 2.33. The molecule has 0 bridgehead atoms. The number of rotatable bonds is 13. The molecule has 4 heteroatoms. The molecule has 0 aromatic heterocycles. The Morgan fingerprint density at radius 2 is 2.04 bits per heavy atom. The summed E-state index contributed by atoms with van der Waals surface area (Å²) in [7, 11) is 0. The van der Waals surface area contributed by atoms with Gasteiger partial charge in [-0.3, -0.25) is 9.59 Å². The Kier molecular flexibility index (Phi) is 11.1. The number of hydrogen-bond acceptors (Lipinski definition) is 3. The Labute approximate surface area is 152 Å². The predicted octanol–water partition coefficient (Wildman–Crippen LogP) is 4.67.